The minimum atomic E-state index is -1.26. The Hall–Kier alpha value is 0.150. The second-order valence-corrected chi connectivity index (χ2v) is 3.87. The van der Waals surface area contributed by atoms with Gasteiger partial charge in [-0.05, 0) is 6.26 Å². The van der Waals surface area contributed by atoms with Gasteiger partial charge in [-0.3, -0.25) is 0 Å². The third-order valence-electron chi connectivity index (χ3n) is 2.08. The van der Waals surface area contributed by atoms with Crippen LogP contribution in [0.5, 0.6) is 0 Å². The molecule has 1 saturated heterocycles. The summed E-state index contributed by atoms with van der Waals surface area (Å²) in [4.78, 5) is 0. The smallest absolute Gasteiger partial charge is 0.132 e. The standard InChI is InChI=1S/C7H14O5S/c1-13-7-6(11)5(10)4(9)3(2-8)12-7/h3-11H,2H2,1H3/t3?,4-,5-,6+,7?/m0/s1. The van der Waals surface area contributed by atoms with E-state index in [1.807, 2.05) is 0 Å². The Morgan fingerprint density at radius 1 is 1.15 bits per heavy atom. The lowest BCUT2D eigenvalue weighted by Crippen LogP contribution is -2.57. The van der Waals surface area contributed by atoms with Crippen molar-refractivity contribution in [1.82, 2.24) is 0 Å². The van der Waals surface area contributed by atoms with Crippen LogP contribution in [0, 0.1) is 0 Å². The van der Waals surface area contributed by atoms with Crippen molar-refractivity contribution in [3.05, 3.63) is 0 Å². The third-order valence-corrected chi connectivity index (χ3v) is 2.94. The molecule has 1 aliphatic heterocycles. The SMILES string of the molecule is CSC1OC(CO)[C@H](O)[C@H](O)[C@H]1O. The monoisotopic (exact) mass is 210 g/mol. The minimum Gasteiger partial charge on any atom is -0.394 e. The molecule has 0 spiro atoms. The van der Waals surface area contributed by atoms with Crippen molar-refractivity contribution < 1.29 is 25.2 Å². The summed E-state index contributed by atoms with van der Waals surface area (Å²) in [5.74, 6) is 0. The molecular weight excluding hydrogens is 196 g/mol. The molecule has 0 bridgehead atoms. The van der Waals surface area contributed by atoms with Crippen LogP contribution in [0.2, 0.25) is 0 Å². The fourth-order valence-electron chi connectivity index (χ4n) is 1.26. The van der Waals surface area contributed by atoms with Gasteiger partial charge in [0.25, 0.3) is 0 Å². The lowest BCUT2D eigenvalue weighted by Gasteiger charge is -2.39. The third kappa shape index (κ3) is 2.15. The van der Waals surface area contributed by atoms with Gasteiger partial charge in [0.1, 0.15) is 29.9 Å². The summed E-state index contributed by atoms with van der Waals surface area (Å²) >= 11 is 1.22. The predicted octanol–water partition coefficient (Wildman–Crippen LogP) is -1.85. The maximum absolute atomic E-state index is 9.38. The first-order chi connectivity index (χ1) is 6.11. The summed E-state index contributed by atoms with van der Waals surface area (Å²) < 4.78 is 5.13. The zero-order valence-corrected chi connectivity index (χ0v) is 8.02. The number of aliphatic hydroxyl groups excluding tert-OH is 4. The number of aliphatic hydroxyl groups is 4. The van der Waals surface area contributed by atoms with Gasteiger partial charge >= 0.3 is 0 Å². The van der Waals surface area contributed by atoms with Crippen LogP contribution in [0.4, 0.5) is 0 Å². The summed E-state index contributed by atoms with van der Waals surface area (Å²) in [7, 11) is 0. The highest BCUT2D eigenvalue weighted by Crippen LogP contribution is 2.26. The van der Waals surface area contributed by atoms with Gasteiger partial charge in [-0.2, -0.15) is 0 Å². The molecule has 5 atom stereocenters. The molecule has 0 amide bonds. The van der Waals surface area contributed by atoms with Gasteiger partial charge < -0.3 is 25.2 Å². The molecule has 1 aliphatic rings. The van der Waals surface area contributed by atoms with Crippen LogP contribution in [0.1, 0.15) is 0 Å². The molecule has 78 valence electrons. The fraction of sp³-hybridized carbons (Fsp3) is 1.00. The van der Waals surface area contributed by atoms with Crippen molar-refractivity contribution >= 4 is 11.8 Å². The summed E-state index contributed by atoms with van der Waals surface area (Å²) in [6, 6.07) is 0. The topological polar surface area (TPSA) is 90.2 Å². The molecule has 0 saturated carbocycles. The highest BCUT2D eigenvalue weighted by Gasteiger charge is 2.42. The zero-order chi connectivity index (χ0) is 10.0. The molecule has 0 radical (unpaired) electrons. The number of thioether (sulfide) groups is 1. The Morgan fingerprint density at radius 2 is 1.77 bits per heavy atom. The lowest BCUT2D eigenvalue weighted by molar-refractivity contribution is -0.205. The molecule has 0 aromatic rings. The van der Waals surface area contributed by atoms with Gasteiger partial charge in [-0.1, -0.05) is 0 Å². The highest BCUT2D eigenvalue weighted by atomic mass is 32.2. The molecule has 1 fully saturated rings. The Balaban J connectivity index is 2.66. The summed E-state index contributed by atoms with van der Waals surface area (Å²) in [5, 5.41) is 36.8. The van der Waals surface area contributed by atoms with Crippen molar-refractivity contribution in [3.8, 4) is 0 Å². The van der Waals surface area contributed by atoms with E-state index in [0.29, 0.717) is 0 Å². The van der Waals surface area contributed by atoms with Crippen LogP contribution in [-0.2, 0) is 4.74 Å². The van der Waals surface area contributed by atoms with Gasteiger partial charge in [0, 0.05) is 0 Å². The first kappa shape index (κ1) is 11.2. The molecule has 1 heterocycles. The van der Waals surface area contributed by atoms with Crippen LogP contribution in [0.3, 0.4) is 0 Å². The van der Waals surface area contributed by atoms with Gasteiger partial charge in [-0.25, -0.2) is 0 Å². The van der Waals surface area contributed by atoms with E-state index in [2.05, 4.69) is 0 Å². The average Bonchev–Trinajstić information content (AvgIpc) is 2.15. The molecule has 5 nitrogen and oxygen atoms in total. The fourth-order valence-corrected chi connectivity index (χ4v) is 1.96. The van der Waals surface area contributed by atoms with E-state index in [1.54, 1.807) is 6.26 Å². The van der Waals surface area contributed by atoms with Gasteiger partial charge in [-0.15, -0.1) is 11.8 Å². The second-order valence-electron chi connectivity index (χ2n) is 2.93. The zero-order valence-electron chi connectivity index (χ0n) is 7.20. The maximum Gasteiger partial charge on any atom is 0.132 e. The average molecular weight is 210 g/mol. The number of hydrogen-bond donors (Lipinski definition) is 4. The maximum atomic E-state index is 9.38. The van der Waals surface area contributed by atoms with Gasteiger partial charge in [0.2, 0.25) is 0 Å². The Bertz CT molecular complexity index is 147. The van der Waals surface area contributed by atoms with Gasteiger partial charge in [0.05, 0.1) is 6.61 Å². The second kappa shape index (κ2) is 4.59. The van der Waals surface area contributed by atoms with Crippen LogP contribution >= 0.6 is 11.8 Å². The van der Waals surface area contributed by atoms with E-state index in [4.69, 9.17) is 9.84 Å². The summed E-state index contributed by atoms with van der Waals surface area (Å²) in [6.45, 7) is -0.373. The lowest BCUT2D eigenvalue weighted by atomic mass is 10.0. The predicted molar refractivity (Wildman–Crippen MR) is 47.3 cm³/mol. The summed E-state index contributed by atoms with van der Waals surface area (Å²) in [6.07, 6.45) is -2.72. The first-order valence-electron chi connectivity index (χ1n) is 3.95. The normalized spacial score (nSPS) is 46.4. The molecule has 1 rings (SSSR count). The van der Waals surface area contributed by atoms with Crippen molar-refractivity contribution in [2.24, 2.45) is 0 Å². The van der Waals surface area contributed by atoms with Crippen molar-refractivity contribution in [2.75, 3.05) is 12.9 Å². The quantitative estimate of drug-likeness (QED) is 0.428. The van der Waals surface area contributed by atoms with E-state index in [-0.39, 0.29) is 6.61 Å². The highest BCUT2D eigenvalue weighted by molar-refractivity contribution is 7.99. The number of hydrogen-bond acceptors (Lipinski definition) is 6. The summed E-state index contributed by atoms with van der Waals surface area (Å²) in [5.41, 5.74) is -0.601. The van der Waals surface area contributed by atoms with E-state index in [0.717, 1.165) is 0 Å². The molecule has 0 aromatic carbocycles. The van der Waals surface area contributed by atoms with Crippen LogP contribution in [0.25, 0.3) is 0 Å². The first-order valence-corrected chi connectivity index (χ1v) is 5.24. The Morgan fingerprint density at radius 3 is 2.23 bits per heavy atom. The van der Waals surface area contributed by atoms with Crippen molar-refractivity contribution in [2.45, 2.75) is 29.9 Å². The van der Waals surface area contributed by atoms with Crippen molar-refractivity contribution in [1.29, 1.82) is 0 Å². The van der Waals surface area contributed by atoms with E-state index in [1.165, 1.54) is 11.8 Å². The van der Waals surface area contributed by atoms with Crippen LogP contribution in [0.15, 0.2) is 0 Å². The van der Waals surface area contributed by atoms with E-state index in [9.17, 15) is 15.3 Å². The number of ether oxygens (including phenoxy) is 1. The molecule has 2 unspecified atom stereocenters. The molecular formula is C7H14O5S. The molecule has 13 heavy (non-hydrogen) atoms. The Labute approximate surface area is 80.3 Å². The molecule has 4 N–H and O–H groups in total. The molecule has 6 heteroatoms. The molecule has 0 aromatic heterocycles. The minimum absolute atomic E-state index is 0.373. The van der Waals surface area contributed by atoms with Crippen LogP contribution < -0.4 is 0 Å². The number of rotatable bonds is 2. The largest absolute Gasteiger partial charge is 0.394 e. The molecule has 0 aliphatic carbocycles. The van der Waals surface area contributed by atoms with Crippen LogP contribution in [-0.4, -0.2) is 63.1 Å². The van der Waals surface area contributed by atoms with E-state index >= 15 is 0 Å². The van der Waals surface area contributed by atoms with Crippen molar-refractivity contribution in [3.63, 3.8) is 0 Å². The van der Waals surface area contributed by atoms with Gasteiger partial charge in [0.15, 0.2) is 0 Å². The van der Waals surface area contributed by atoms with E-state index < -0.39 is 29.9 Å². The Kier molecular flexibility index (Phi) is 3.96.